The Bertz CT molecular complexity index is 7050. The zero-order valence-corrected chi connectivity index (χ0v) is 56.8. The van der Waals surface area contributed by atoms with Gasteiger partial charge in [0.15, 0.2) is 0 Å². The lowest BCUT2D eigenvalue weighted by Crippen LogP contribution is -1.94. The molecule has 22 aromatic rings. The molecule has 0 aliphatic rings. The Balaban J connectivity index is 0.000000135. The van der Waals surface area contributed by atoms with Crippen molar-refractivity contribution in [2.24, 2.45) is 0 Å². The average molecular weight is 1330 g/mol. The average Bonchev–Trinajstić information content (AvgIpc) is 1.57. The summed E-state index contributed by atoms with van der Waals surface area (Å²) in [5.41, 5.74) is 24.2. The minimum Gasteiger partial charge on any atom is -0.309 e. The van der Waals surface area contributed by atoms with E-state index in [4.69, 9.17) is 0 Å². The van der Waals surface area contributed by atoms with Crippen molar-refractivity contribution in [3.05, 3.63) is 376 Å². The van der Waals surface area contributed by atoms with Gasteiger partial charge in [0.1, 0.15) is 0 Å². The van der Waals surface area contributed by atoms with Crippen LogP contribution >= 0.6 is 11.3 Å². The molecule has 0 fully saturated rings. The van der Waals surface area contributed by atoms with Gasteiger partial charge in [0.25, 0.3) is 0 Å². The summed E-state index contributed by atoms with van der Waals surface area (Å²) >= 11 is 1.89. The van der Waals surface area contributed by atoms with E-state index in [-0.39, 0.29) is 0 Å². The summed E-state index contributed by atoms with van der Waals surface area (Å²) in [5.74, 6) is 0. The van der Waals surface area contributed by atoms with Gasteiger partial charge >= 0.3 is 0 Å². The molecule has 103 heavy (non-hydrogen) atoms. The van der Waals surface area contributed by atoms with Gasteiger partial charge in [0.05, 0.1) is 44.1 Å². The highest BCUT2D eigenvalue weighted by molar-refractivity contribution is 7.26. The van der Waals surface area contributed by atoms with Gasteiger partial charge in [-0.1, -0.05) is 255 Å². The van der Waals surface area contributed by atoms with Crippen molar-refractivity contribution in [1.29, 1.82) is 0 Å². The van der Waals surface area contributed by atoms with E-state index in [9.17, 15) is 0 Å². The topological polar surface area (TPSA) is 19.7 Å². The third kappa shape index (κ3) is 9.58. The predicted molar refractivity (Wildman–Crippen MR) is 440 cm³/mol. The van der Waals surface area contributed by atoms with Crippen LogP contribution in [0.3, 0.4) is 0 Å². The Morgan fingerprint density at radius 3 is 0.990 bits per heavy atom. The maximum Gasteiger partial charge on any atom is 0.0547 e. The number of aromatic nitrogens is 4. The summed E-state index contributed by atoms with van der Waals surface area (Å²) in [6.07, 6.45) is 0. The van der Waals surface area contributed by atoms with Crippen LogP contribution in [0.15, 0.2) is 376 Å². The smallest absolute Gasteiger partial charge is 0.0547 e. The Hall–Kier alpha value is -13.3. The van der Waals surface area contributed by atoms with E-state index in [1.807, 2.05) is 11.3 Å². The molecule has 480 valence electrons. The Morgan fingerprint density at radius 2 is 0.495 bits per heavy atom. The molecule has 0 radical (unpaired) electrons. The Labute approximate surface area is 597 Å². The molecule has 0 spiro atoms. The second kappa shape index (κ2) is 23.7. The van der Waals surface area contributed by atoms with E-state index in [2.05, 4.69) is 394 Å². The van der Waals surface area contributed by atoms with Gasteiger partial charge in [-0.05, 0) is 187 Å². The van der Waals surface area contributed by atoms with Gasteiger partial charge in [-0.25, -0.2) is 0 Å². The van der Waals surface area contributed by atoms with Crippen LogP contribution in [0.4, 0.5) is 0 Å². The van der Waals surface area contributed by atoms with Crippen LogP contribution in [0.1, 0.15) is 0 Å². The van der Waals surface area contributed by atoms with E-state index >= 15 is 0 Å². The molecule has 0 atom stereocenters. The van der Waals surface area contributed by atoms with Crippen LogP contribution in [0.25, 0.3) is 196 Å². The van der Waals surface area contributed by atoms with Gasteiger partial charge in [-0.2, -0.15) is 0 Å². The van der Waals surface area contributed by atoms with Crippen molar-refractivity contribution in [2.45, 2.75) is 0 Å². The summed E-state index contributed by atoms with van der Waals surface area (Å²) in [6, 6.07) is 138. The van der Waals surface area contributed by atoms with Crippen LogP contribution in [0.2, 0.25) is 0 Å². The molecule has 5 heterocycles. The van der Waals surface area contributed by atoms with Crippen LogP contribution in [0.5, 0.6) is 0 Å². The SMILES string of the molecule is c1ccc2cc(-c3ccc(-n4c5ccccc5c5cc(-c6ccc(-n7c8ccccc8c8ccccc87)cc6)ccc54)cc3)ccc2c1.c1ccc2cc(-n3c4ccc(-c5ccc(-n6c7ccccc7c7ccccc76)cc5)cc4c4ccc(-c5cccc6c5sc5ccccc56)cc43)ccc2c1. The summed E-state index contributed by atoms with van der Waals surface area (Å²) in [7, 11) is 0. The highest BCUT2D eigenvalue weighted by atomic mass is 32.1. The van der Waals surface area contributed by atoms with Crippen LogP contribution < -0.4 is 0 Å². The van der Waals surface area contributed by atoms with Gasteiger partial charge in [-0.15, -0.1) is 11.3 Å². The van der Waals surface area contributed by atoms with Gasteiger partial charge in [0, 0.05) is 86.0 Å². The Kier molecular flexibility index (Phi) is 13.5. The second-order valence-corrected chi connectivity index (χ2v) is 28.2. The lowest BCUT2D eigenvalue weighted by molar-refractivity contribution is 1.18. The minimum atomic E-state index is 1.16. The quantitative estimate of drug-likeness (QED) is 0.144. The number of hydrogen-bond donors (Lipinski definition) is 0. The molecule has 22 rings (SSSR count). The molecule has 0 N–H and O–H groups in total. The lowest BCUT2D eigenvalue weighted by atomic mass is 10.00. The number of hydrogen-bond acceptors (Lipinski definition) is 1. The molecule has 5 aromatic heterocycles. The summed E-state index contributed by atoms with van der Waals surface area (Å²) < 4.78 is 12.3. The first-order valence-corrected chi connectivity index (χ1v) is 36.2. The molecule has 0 aliphatic heterocycles. The molecule has 0 saturated carbocycles. The highest BCUT2D eigenvalue weighted by Crippen LogP contribution is 2.45. The standard InChI is InChI=1S/C52H32N2S.C46H30N2/c1-2-11-35-30-39(27-22-33(35)10-1)54-49-29-24-36(34-20-25-38(26-21-34)53-47-17-6-3-12-41(47)42-13-4-7-18-48(42)53)31-46(49)43-28-23-37(32-50(43)54)40-15-9-16-45-44-14-5-8-19-51(44)55-52(40)45;1-2-10-34-29-35(18-17-31(34)9-1)32-19-24-38(25-20-32)48-45-16-8-5-13-41(45)42-30-36(23-28-46(42)48)33-21-26-37(27-22-33)47-43-14-6-3-11-39(43)40-12-4-7-15-44(40)47/h1-32H;1-30H. The largest absolute Gasteiger partial charge is 0.309 e. The highest BCUT2D eigenvalue weighted by Gasteiger charge is 2.20. The van der Waals surface area contributed by atoms with E-state index < -0.39 is 0 Å². The molecule has 0 aliphatic carbocycles. The monoisotopic (exact) mass is 1330 g/mol. The third-order valence-electron chi connectivity index (χ3n) is 21.4. The van der Waals surface area contributed by atoms with E-state index in [1.54, 1.807) is 0 Å². The molecule has 0 unspecified atom stereocenters. The zero-order chi connectivity index (χ0) is 67.6. The van der Waals surface area contributed by atoms with Gasteiger partial charge in [0.2, 0.25) is 0 Å². The van der Waals surface area contributed by atoms with Crippen molar-refractivity contribution in [2.75, 3.05) is 0 Å². The van der Waals surface area contributed by atoms with Crippen LogP contribution in [0, 0.1) is 0 Å². The van der Waals surface area contributed by atoms with E-state index in [0.29, 0.717) is 0 Å². The van der Waals surface area contributed by atoms with Crippen molar-refractivity contribution in [3.8, 4) is 67.3 Å². The molecule has 0 saturated heterocycles. The third-order valence-corrected chi connectivity index (χ3v) is 22.7. The van der Waals surface area contributed by atoms with Crippen LogP contribution in [-0.4, -0.2) is 18.3 Å². The number of nitrogens with zero attached hydrogens (tertiary/aromatic N) is 4. The first-order valence-electron chi connectivity index (χ1n) is 35.4. The molecule has 5 heteroatoms. The molecule has 0 amide bonds. The number of thiophene rings is 1. The lowest BCUT2D eigenvalue weighted by Gasteiger charge is -2.11. The fourth-order valence-corrected chi connectivity index (χ4v) is 17.8. The summed E-state index contributed by atoms with van der Waals surface area (Å²) in [6.45, 7) is 0. The van der Waals surface area contributed by atoms with E-state index in [1.165, 1.54) is 185 Å². The van der Waals surface area contributed by atoms with Crippen molar-refractivity contribution < 1.29 is 0 Å². The number of rotatable bonds is 8. The Morgan fingerprint density at radius 1 is 0.165 bits per heavy atom. The molecule has 17 aromatic carbocycles. The number of benzene rings is 17. The number of fused-ring (bicyclic) bond motifs is 17. The fraction of sp³-hybridized carbons (Fsp3) is 0. The molecule has 0 bridgehead atoms. The van der Waals surface area contributed by atoms with Crippen LogP contribution in [-0.2, 0) is 0 Å². The summed E-state index contributed by atoms with van der Waals surface area (Å²) in [5, 5.41) is 17.8. The molecular weight excluding hydrogens is 1270 g/mol. The molecular formula is C98H62N4S. The second-order valence-electron chi connectivity index (χ2n) is 27.1. The van der Waals surface area contributed by atoms with Crippen molar-refractivity contribution in [1.82, 2.24) is 18.3 Å². The van der Waals surface area contributed by atoms with Crippen molar-refractivity contribution >= 4 is 140 Å². The van der Waals surface area contributed by atoms with Crippen molar-refractivity contribution in [3.63, 3.8) is 0 Å². The fourth-order valence-electron chi connectivity index (χ4n) is 16.5. The first kappa shape index (κ1) is 58.6. The summed E-state index contributed by atoms with van der Waals surface area (Å²) in [4.78, 5) is 0. The maximum absolute atomic E-state index is 2.46. The minimum absolute atomic E-state index is 1.16. The van der Waals surface area contributed by atoms with E-state index in [0.717, 1.165) is 11.4 Å². The first-order chi connectivity index (χ1) is 51.1. The predicted octanol–water partition coefficient (Wildman–Crippen LogP) is 27.1. The molecule has 4 nitrogen and oxygen atoms in total. The maximum atomic E-state index is 2.46. The van der Waals surface area contributed by atoms with Gasteiger partial charge in [-0.3, -0.25) is 0 Å². The van der Waals surface area contributed by atoms with Gasteiger partial charge < -0.3 is 18.3 Å². The zero-order valence-electron chi connectivity index (χ0n) is 56.0. The normalized spacial score (nSPS) is 11.9. The number of para-hydroxylation sites is 5.